The first-order valence-corrected chi connectivity index (χ1v) is 11.9. The lowest BCUT2D eigenvalue weighted by Gasteiger charge is -2.38. The zero-order valence-corrected chi connectivity index (χ0v) is 20.1. The Hall–Kier alpha value is -3.97. The van der Waals surface area contributed by atoms with Gasteiger partial charge in [-0.2, -0.15) is 0 Å². The van der Waals surface area contributed by atoms with Crippen LogP contribution in [0.5, 0.6) is 5.75 Å². The number of aromatic nitrogens is 3. The van der Waals surface area contributed by atoms with Gasteiger partial charge in [0.15, 0.2) is 0 Å². The molecule has 7 heteroatoms. The molecule has 2 aromatic heterocycles. The Morgan fingerprint density at radius 3 is 2.43 bits per heavy atom. The highest BCUT2D eigenvalue weighted by molar-refractivity contribution is 5.59. The van der Waals surface area contributed by atoms with E-state index in [4.69, 9.17) is 9.72 Å². The van der Waals surface area contributed by atoms with Gasteiger partial charge < -0.3 is 4.74 Å². The molecule has 0 atom stereocenters. The molecule has 0 radical (unpaired) electrons. The number of pyridine rings is 1. The summed E-state index contributed by atoms with van der Waals surface area (Å²) in [5, 5.41) is 0. The number of fused-ring (bicyclic) bond motifs is 1. The Labute approximate surface area is 205 Å². The summed E-state index contributed by atoms with van der Waals surface area (Å²) in [4.78, 5) is 27.5. The molecule has 5 rings (SSSR count). The summed E-state index contributed by atoms with van der Waals surface area (Å²) in [6.45, 7) is 6.18. The summed E-state index contributed by atoms with van der Waals surface area (Å²) in [5.74, 6) is 1.48. The number of benzene rings is 2. The minimum Gasteiger partial charge on any atom is -0.494 e. The van der Waals surface area contributed by atoms with Gasteiger partial charge in [0.25, 0.3) is 5.56 Å². The SMILES string of the molecule is CCOc1ccc(N2CN(Cc3ccccn3)Cn3c2nc(C)c(Cc2ccccc2)c3=O)cc1. The predicted molar refractivity (Wildman–Crippen MR) is 137 cm³/mol. The van der Waals surface area contributed by atoms with Crippen molar-refractivity contribution in [2.75, 3.05) is 18.2 Å². The summed E-state index contributed by atoms with van der Waals surface area (Å²) in [6, 6.07) is 23.9. The largest absolute Gasteiger partial charge is 0.494 e. The normalized spacial score (nSPS) is 13.5. The van der Waals surface area contributed by atoms with Crippen LogP contribution in [0.1, 0.15) is 29.4 Å². The van der Waals surface area contributed by atoms with Crippen LogP contribution in [0.3, 0.4) is 0 Å². The average Bonchev–Trinajstić information content (AvgIpc) is 2.89. The Morgan fingerprint density at radius 1 is 0.943 bits per heavy atom. The minimum atomic E-state index is -0.00184. The fourth-order valence-corrected chi connectivity index (χ4v) is 4.44. The van der Waals surface area contributed by atoms with Crippen molar-refractivity contribution in [2.45, 2.75) is 33.5 Å². The highest BCUT2D eigenvalue weighted by atomic mass is 16.5. The zero-order valence-electron chi connectivity index (χ0n) is 20.1. The van der Waals surface area contributed by atoms with Crippen LogP contribution in [-0.4, -0.2) is 32.7 Å². The monoisotopic (exact) mass is 467 g/mol. The molecule has 7 nitrogen and oxygen atoms in total. The lowest BCUT2D eigenvalue weighted by molar-refractivity contribution is 0.187. The van der Waals surface area contributed by atoms with E-state index in [1.807, 2.05) is 86.6 Å². The first-order valence-electron chi connectivity index (χ1n) is 11.9. The third-order valence-corrected chi connectivity index (χ3v) is 6.17. The molecule has 0 unspecified atom stereocenters. The molecule has 1 aliphatic rings. The van der Waals surface area contributed by atoms with Gasteiger partial charge in [-0.1, -0.05) is 36.4 Å². The number of hydrogen-bond donors (Lipinski definition) is 0. The number of anilines is 2. The molecule has 3 heterocycles. The lowest BCUT2D eigenvalue weighted by atomic mass is 10.1. The summed E-state index contributed by atoms with van der Waals surface area (Å²) < 4.78 is 7.41. The Morgan fingerprint density at radius 2 is 1.71 bits per heavy atom. The molecular formula is C28H29N5O2. The van der Waals surface area contributed by atoms with Crippen LogP contribution < -0.4 is 15.2 Å². The standard InChI is InChI=1S/C28H29N5O2/c1-3-35-25-14-12-24(13-15-25)32-19-31(18-23-11-7-8-16-29-23)20-33-27(34)26(21(2)30-28(32)33)17-22-9-5-4-6-10-22/h4-16H,3,17-20H2,1-2H3. The van der Waals surface area contributed by atoms with E-state index in [9.17, 15) is 4.79 Å². The van der Waals surface area contributed by atoms with Crippen molar-refractivity contribution in [3.05, 3.63) is 112 Å². The van der Waals surface area contributed by atoms with Crippen LogP contribution in [0, 0.1) is 6.92 Å². The predicted octanol–water partition coefficient (Wildman–Crippen LogP) is 4.51. The average molecular weight is 468 g/mol. The van der Waals surface area contributed by atoms with E-state index in [0.717, 1.165) is 34.0 Å². The van der Waals surface area contributed by atoms with E-state index in [-0.39, 0.29) is 5.56 Å². The fourth-order valence-electron chi connectivity index (χ4n) is 4.44. The van der Waals surface area contributed by atoms with Crippen molar-refractivity contribution in [3.63, 3.8) is 0 Å². The van der Waals surface area contributed by atoms with Crippen LogP contribution in [0.25, 0.3) is 0 Å². The van der Waals surface area contributed by atoms with E-state index < -0.39 is 0 Å². The molecule has 35 heavy (non-hydrogen) atoms. The van der Waals surface area contributed by atoms with Crippen molar-refractivity contribution >= 4 is 11.6 Å². The Bertz CT molecular complexity index is 1340. The van der Waals surface area contributed by atoms with Crippen molar-refractivity contribution < 1.29 is 4.74 Å². The van der Waals surface area contributed by atoms with Gasteiger partial charge in [0.05, 0.1) is 31.3 Å². The molecule has 0 N–H and O–H groups in total. The maximum atomic E-state index is 13.8. The second-order valence-corrected chi connectivity index (χ2v) is 8.66. The maximum Gasteiger partial charge on any atom is 0.259 e. The Kier molecular flexibility index (Phi) is 6.59. The first kappa shape index (κ1) is 22.8. The molecule has 0 bridgehead atoms. The summed E-state index contributed by atoms with van der Waals surface area (Å²) >= 11 is 0. The summed E-state index contributed by atoms with van der Waals surface area (Å²) in [6.07, 6.45) is 2.36. The van der Waals surface area contributed by atoms with Gasteiger partial charge in [0.1, 0.15) is 5.75 Å². The number of nitrogens with zero attached hydrogens (tertiary/aromatic N) is 5. The lowest BCUT2D eigenvalue weighted by Crippen LogP contribution is -2.47. The van der Waals surface area contributed by atoms with Gasteiger partial charge >= 0.3 is 0 Å². The van der Waals surface area contributed by atoms with Gasteiger partial charge in [-0.15, -0.1) is 0 Å². The summed E-state index contributed by atoms with van der Waals surface area (Å²) in [5.41, 5.74) is 4.50. The second kappa shape index (κ2) is 10.1. The first-order chi connectivity index (χ1) is 17.1. The molecule has 2 aromatic carbocycles. The molecule has 1 aliphatic heterocycles. The Balaban J connectivity index is 1.55. The molecular weight excluding hydrogens is 438 g/mol. The van der Waals surface area contributed by atoms with Crippen LogP contribution in [0.4, 0.5) is 11.6 Å². The van der Waals surface area contributed by atoms with Crippen LogP contribution in [0.2, 0.25) is 0 Å². The second-order valence-electron chi connectivity index (χ2n) is 8.66. The van der Waals surface area contributed by atoms with Crippen molar-refractivity contribution in [2.24, 2.45) is 0 Å². The minimum absolute atomic E-state index is 0.00184. The van der Waals surface area contributed by atoms with Gasteiger partial charge in [0, 0.05) is 30.4 Å². The van der Waals surface area contributed by atoms with Gasteiger partial charge in [-0.25, -0.2) is 4.98 Å². The molecule has 0 amide bonds. The highest BCUT2D eigenvalue weighted by Crippen LogP contribution is 2.30. The number of hydrogen-bond acceptors (Lipinski definition) is 6. The molecule has 178 valence electrons. The molecule has 0 saturated carbocycles. The van der Waals surface area contributed by atoms with Crippen molar-refractivity contribution in [3.8, 4) is 5.75 Å². The molecule has 4 aromatic rings. The quantitative estimate of drug-likeness (QED) is 0.399. The van der Waals surface area contributed by atoms with Gasteiger partial charge in [-0.05, 0) is 55.8 Å². The number of aryl methyl sites for hydroxylation is 1. The van der Waals surface area contributed by atoms with Crippen LogP contribution in [-0.2, 0) is 19.6 Å². The van der Waals surface area contributed by atoms with E-state index in [2.05, 4.69) is 14.8 Å². The van der Waals surface area contributed by atoms with Crippen molar-refractivity contribution in [1.29, 1.82) is 0 Å². The van der Waals surface area contributed by atoms with E-state index in [1.54, 1.807) is 10.8 Å². The number of rotatable bonds is 7. The summed E-state index contributed by atoms with van der Waals surface area (Å²) in [7, 11) is 0. The van der Waals surface area contributed by atoms with Gasteiger partial charge in [-0.3, -0.25) is 24.1 Å². The zero-order chi connectivity index (χ0) is 24.2. The van der Waals surface area contributed by atoms with Gasteiger partial charge in [0.2, 0.25) is 5.95 Å². The molecule has 0 aliphatic carbocycles. The molecule has 0 saturated heterocycles. The van der Waals surface area contributed by atoms with Crippen molar-refractivity contribution in [1.82, 2.24) is 19.4 Å². The third kappa shape index (κ3) is 4.95. The topological polar surface area (TPSA) is 63.5 Å². The van der Waals surface area contributed by atoms with Crippen LogP contribution in [0.15, 0.2) is 83.8 Å². The number of ether oxygens (including phenoxy) is 1. The van der Waals surface area contributed by atoms with E-state index in [0.29, 0.717) is 38.9 Å². The highest BCUT2D eigenvalue weighted by Gasteiger charge is 2.28. The van der Waals surface area contributed by atoms with E-state index in [1.165, 1.54) is 0 Å². The van der Waals surface area contributed by atoms with Crippen LogP contribution >= 0.6 is 0 Å². The maximum absolute atomic E-state index is 13.8. The fraction of sp³-hybridized carbons (Fsp3) is 0.250. The molecule has 0 fully saturated rings. The molecule has 0 spiro atoms. The van der Waals surface area contributed by atoms with E-state index >= 15 is 0 Å². The third-order valence-electron chi connectivity index (χ3n) is 6.17. The smallest absolute Gasteiger partial charge is 0.259 e.